The van der Waals surface area contributed by atoms with Crippen LogP contribution < -0.4 is 0 Å². The van der Waals surface area contributed by atoms with E-state index in [1.54, 1.807) is 6.92 Å². The quantitative estimate of drug-likeness (QED) is 0.805. The SMILES string of the molecule is CC(=O)c1cc(C(=O)O)n(-c2[nH]ncc2C#N)c1C. The van der Waals surface area contributed by atoms with Crippen LogP contribution in [0.2, 0.25) is 0 Å². The molecule has 19 heavy (non-hydrogen) atoms. The van der Waals surface area contributed by atoms with E-state index >= 15 is 0 Å². The number of rotatable bonds is 3. The predicted molar refractivity (Wildman–Crippen MR) is 64.3 cm³/mol. The second-order valence-electron chi connectivity index (χ2n) is 3.97. The molecule has 0 atom stereocenters. The molecule has 2 aromatic rings. The highest BCUT2D eigenvalue weighted by Gasteiger charge is 2.22. The van der Waals surface area contributed by atoms with Crippen LogP contribution in [0.1, 0.15) is 39.0 Å². The molecule has 0 spiro atoms. The number of carboxylic acids is 1. The van der Waals surface area contributed by atoms with Crippen LogP contribution in [0.5, 0.6) is 0 Å². The molecule has 0 saturated heterocycles. The molecular formula is C12H10N4O3. The second kappa shape index (κ2) is 4.42. The van der Waals surface area contributed by atoms with Gasteiger partial charge in [-0.3, -0.25) is 14.5 Å². The van der Waals surface area contributed by atoms with Gasteiger partial charge in [-0.2, -0.15) is 10.4 Å². The van der Waals surface area contributed by atoms with Gasteiger partial charge < -0.3 is 5.11 Å². The van der Waals surface area contributed by atoms with Crippen molar-refractivity contribution < 1.29 is 14.7 Å². The molecule has 0 bridgehead atoms. The summed E-state index contributed by atoms with van der Waals surface area (Å²) in [5.74, 6) is -1.18. The van der Waals surface area contributed by atoms with E-state index in [-0.39, 0.29) is 22.9 Å². The van der Waals surface area contributed by atoms with Crippen molar-refractivity contribution in [2.24, 2.45) is 0 Å². The number of ketones is 1. The average molecular weight is 258 g/mol. The van der Waals surface area contributed by atoms with Crippen LogP contribution in [0.25, 0.3) is 5.82 Å². The third-order valence-corrected chi connectivity index (χ3v) is 2.81. The lowest BCUT2D eigenvalue weighted by Crippen LogP contribution is -2.09. The molecule has 0 aromatic carbocycles. The molecule has 7 nitrogen and oxygen atoms in total. The summed E-state index contributed by atoms with van der Waals surface area (Å²) >= 11 is 0. The summed E-state index contributed by atoms with van der Waals surface area (Å²) in [6, 6.07) is 3.21. The lowest BCUT2D eigenvalue weighted by Gasteiger charge is -2.07. The Bertz CT molecular complexity index is 718. The number of carboxylic acid groups (broad SMARTS) is 1. The van der Waals surface area contributed by atoms with Gasteiger partial charge in [0.15, 0.2) is 11.6 Å². The van der Waals surface area contributed by atoms with E-state index in [0.29, 0.717) is 11.3 Å². The molecule has 0 aliphatic rings. The number of aromatic carboxylic acids is 1. The molecular weight excluding hydrogens is 248 g/mol. The average Bonchev–Trinajstić information content (AvgIpc) is 2.91. The molecule has 2 aromatic heterocycles. The summed E-state index contributed by atoms with van der Waals surface area (Å²) in [7, 11) is 0. The molecule has 0 aliphatic heterocycles. The Morgan fingerprint density at radius 2 is 2.21 bits per heavy atom. The summed E-state index contributed by atoms with van der Waals surface area (Å²) in [6.07, 6.45) is 1.30. The normalized spacial score (nSPS) is 10.2. The molecule has 2 N–H and O–H groups in total. The zero-order chi connectivity index (χ0) is 14.2. The number of nitrogens with one attached hydrogen (secondary N) is 1. The summed E-state index contributed by atoms with van der Waals surface area (Å²) in [5, 5.41) is 24.5. The fraction of sp³-hybridized carbons (Fsp3) is 0.167. The lowest BCUT2D eigenvalue weighted by atomic mass is 10.2. The van der Waals surface area contributed by atoms with Crippen molar-refractivity contribution >= 4 is 11.8 Å². The maximum Gasteiger partial charge on any atom is 0.352 e. The van der Waals surface area contributed by atoms with Gasteiger partial charge in [0.05, 0.1) is 6.20 Å². The number of carbonyl (C=O) groups excluding carboxylic acids is 1. The Morgan fingerprint density at radius 3 is 2.74 bits per heavy atom. The Kier molecular flexibility index (Phi) is 2.92. The maximum absolute atomic E-state index is 11.5. The predicted octanol–water partition coefficient (Wildman–Crippen LogP) is 1.28. The minimum Gasteiger partial charge on any atom is -0.477 e. The van der Waals surface area contributed by atoms with E-state index in [0.717, 1.165) is 0 Å². The highest BCUT2D eigenvalue weighted by molar-refractivity contribution is 5.99. The number of aromatic nitrogens is 3. The van der Waals surface area contributed by atoms with E-state index in [1.807, 2.05) is 6.07 Å². The highest BCUT2D eigenvalue weighted by Crippen LogP contribution is 2.22. The topological polar surface area (TPSA) is 112 Å². The summed E-state index contributed by atoms with van der Waals surface area (Å²) in [4.78, 5) is 22.7. The van der Waals surface area contributed by atoms with E-state index in [2.05, 4.69) is 10.2 Å². The largest absolute Gasteiger partial charge is 0.477 e. The summed E-state index contributed by atoms with van der Waals surface area (Å²) in [5.41, 5.74) is 0.862. The van der Waals surface area contributed by atoms with Crippen LogP contribution in [0, 0.1) is 18.3 Å². The zero-order valence-corrected chi connectivity index (χ0v) is 10.3. The summed E-state index contributed by atoms with van der Waals surface area (Å²) < 4.78 is 1.31. The van der Waals surface area contributed by atoms with Crippen molar-refractivity contribution in [2.45, 2.75) is 13.8 Å². The van der Waals surface area contributed by atoms with Gasteiger partial charge in [-0.05, 0) is 19.9 Å². The first-order chi connectivity index (χ1) is 8.97. The number of nitrogens with zero attached hydrogens (tertiary/aromatic N) is 3. The molecule has 7 heteroatoms. The molecule has 0 radical (unpaired) electrons. The maximum atomic E-state index is 11.5. The molecule has 0 fully saturated rings. The lowest BCUT2D eigenvalue weighted by molar-refractivity contribution is 0.0687. The fourth-order valence-corrected chi connectivity index (χ4v) is 1.94. The molecule has 0 unspecified atom stereocenters. The second-order valence-corrected chi connectivity index (χ2v) is 3.97. The Balaban J connectivity index is 2.79. The van der Waals surface area contributed by atoms with E-state index < -0.39 is 5.97 Å². The Labute approximate surface area is 108 Å². The molecule has 2 heterocycles. The van der Waals surface area contributed by atoms with Gasteiger partial charge in [-0.1, -0.05) is 0 Å². The molecule has 2 rings (SSSR count). The number of carbonyl (C=O) groups is 2. The van der Waals surface area contributed by atoms with Gasteiger partial charge in [0, 0.05) is 11.3 Å². The van der Waals surface area contributed by atoms with Gasteiger partial charge in [0.25, 0.3) is 0 Å². The van der Waals surface area contributed by atoms with Gasteiger partial charge in [0.2, 0.25) is 0 Å². The molecule has 0 aliphatic carbocycles. The van der Waals surface area contributed by atoms with Gasteiger partial charge in [-0.25, -0.2) is 4.79 Å². The van der Waals surface area contributed by atoms with Gasteiger partial charge in [-0.15, -0.1) is 0 Å². The first-order valence-corrected chi connectivity index (χ1v) is 5.37. The Hall–Kier alpha value is -2.88. The van der Waals surface area contributed by atoms with E-state index in [1.165, 1.54) is 23.8 Å². The third-order valence-electron chi connectivity index (χ3n) is 2.81. The number of nitriles is 1. The minimum atomic E-state index is -1.19. The van der Waals surface area contributed by atoms with Crippen LogP contribution in [0.4, 0.5) is 0 Å². The third kappa shape index (κ3) is 1.89. The number of hydrogen-bond donors (Lipinski definition) is 2. The monoisotopic (exact) mass is 258 g/mol. The molecule has 0 amide bonds. The number of hydrogen-bond acceptors (Lipinski definition) is 4. The highest BCUT2D eigenvalue weighted by atomic mass is 16.4. The number of H-pyrrole nitrogens is 1. The molecule has 0 saturated carbocycles. The fourth-order valence-electron chi connectivity index (χ4n) is 1.94. The van der Waals surface area contributed by atoms with Crippen molar-refractivity contribution in [2.75, 3.05) is 0 Å². The Morgan fingerprint density at radius 1 is 1.53 bits per heavy atom. The van der Waals surface area contributed by atoms with Crippen LogP contribution in [-0.4, -0.2) is 31.6 Å². The van der Waals surface area contributed by atoms with E-state index in [9.17, 15) is 14.7 Å². The van der Waals surface area contributed by atoms with Gasteiger partial charge in [0.1, 0.15) is 17.3 Å². The minimum absolute atomic E-state index is 0.0940. The summed E-state index contributed by atoms with van der Waals surface area (Å²) in [6.45, 7) is 2.97. The van der Waals surface area contributed by atoms with Crippen molar-refractivity contribution in [3.8, 4) is 11.9 Å². The van der Waals surface area contributed by atoms with Crippen molar-refractivity contribution in [3.63, 3.8) is 0 Å². The van der Waals surface area contributed by atoms with Crippen LogP contribution in [0.3, 0.4) is 0 Å². The van der Waals surface area contributed by atoms with Gasteiger partial charge >= 0.3 is 5.97 Å². The van der Waals surface area contributed by atoms with Crippen LogP contribution in [-0.2, 0) is 0 Å². The number of aromatic amines is 1. The zero-order valence-electron chi connectivity index (χ0n) is 10.3. The van der Waals surface area contributed by atoms with Crippen molar-refractivity contribution in [1.29, 1.82) is 5.26 Å². The van der Waals surface area contributed by atoms with Crippen molar-refractivity contribution in [1.82, 2.24) is 14.8 Å². The van der Waals surface area contributed by atoms with Crippen LogP contribution in [0.15, 0.2) is 12.3 Å². The molecule has 96 valence electrons. The first kappa shape index (κ1) is 12.6. The smallest absolute Gasteiger partial charge is 0.352 e. The van der Waals surface area contributed by atoms with E-state index in [4.69, 9.17) is 5.26 Å². The first-order valence-electron chi connectivity index (χ1n) is 5.37. The number of Topliss-reactive ketones (excluding diaryl/α,β-unsaturated/α-hetero) is 1. The van der Waals surface area contributed by atoms with Crippen LogP contribution >= 0.6 is 0 Å². The van der Waals surface area contributed by atoms with Crippen molar-refractivity contribution in [3.05, 3.63) is 34.8 Å². The standard InChI is InChI=1S/C12H10N4O3/c1-6-9(7(2)17)3-10(12(18)19)16(6)11-8(4-13)5-14-15-11/h3,5H,1-2H3,(H,14,15)(H,18,19).